The van der Waals surface area contributed by atoms with Crippen LogP contribution in [0.15, 0.2) is 10.8 Å². The minimum absolute atomic E-state index is 0.0101. The molecular weight excluding hydrogens is 264 g/mol. The Morgan fingerprint density at radius 3 is 3.20 bits per heavy atom. The van der Waals surface area contributed by atoms with Crippen LogP contribution in [0.2, 0.25) is 0 Å². The van der Waals surface area contributed by atoms with E-state index >= 15 is 0 Å². The summed E-state index contributed by atoms with van der Waals surface area (Å²) in [7, 11) is 0. The van der Waals surface area contributed by atoms with Crippen molar-refractivity contribution in [3.8, 4) is 6.01 Å². The van der Waals surface area contributed by atoms with Gasteiger partial charge in [0.05, 0.1) is 12.4 Å². The first-order valence-electron chi connectivity index (χ1n) is 4.66. The molecule has 0 spiro atoms. The van der Waals surface area contributed by atoms with Crippen LogP contribution in [-0.2, 0) is 0 Å². The molecule has 3 N–H and O–H groups in total. The predicted molar refractivity (Wildman–Crippen MR) is 56.5 cm³/mol. The standard InChI is InChI=1S/C8H11BrN4O2/c9-5-4-11-7(12-5)15-8(14)13-6-2-1-3-10-6/h4,6,10H,1-3H2,(H,11,12)(H,13,14)/t6-/m0/s1. The van der Waals surface area contributed by atoms with Gasteiger partial charge in [0.25, 0.3) is 0 Å². The average Bonchev–Trinajstić information content (AvgIpc) is 2.77. The summed E-state index contributed by atoms with van der Waals surface area (Å²) in [5, 5.41) is 5.82. The number of imidazole rings is 1. The van der Waals surface area contributed by atoms with E-state index in [0.717, 1.165) is 19.4 Å². The lowest BCUT2D eigenvalue weighted by molar-refractivity contribution is 0.191. The summed E-state index contributed by atoms with van der Waals surface area (Å²) in [6.07, 6.45) is 3.03. The smallest absolute Gasteiger partial charge is 0.375 e. The second-order valence-electron chi connectivity index (χ2n) is 3.22. The highest BCUT2D eigenvalue weighted by Gasteiger charge is 2.17. The van der Waals surface area contributed by atoms with Crippen LogP contribution in [0, 0.1) is 0 Å². The number of hydrogen-bond acceptors (Lipinski definition) is 4. The van der Waals surface area contributed by atoms with Crippen molar-refractivity contribution in [2.75, 3.05) is 6.54 Å². The third-order valence-electron chi connectivity index (χ3n) is 2.06. The van der Waals surface area contributed by atoms with Crippen molar-refractivity contribution in [2.24, 2.45) is 0 Å². The minimum Gasteiger partial charge on any atom is -0.375 e. The summed E-state index contributed by atoms with van der Waals surface area (Å²) >= 11 is 3.17. The summed E-state index contributed by atoms with van der Waals surface area (Å²) in [6.45, 7) is 0.928. The van der Waals surface area contributed by atoms with Crippen LogP contribution in [0.3, 0.4) is 0 Å². The first-order valence-corrected chi connectivity index (χ1v) is 5.45. The van der Waals surface area contributed by atoms with Gasteiger partial charge in [-0.3, -0.25) is 5.32 Å². The van der Waals surface area contributed by atoms with E-state index in [4.69, 9.17) is 4.74 Å². The molecule has 1 saturated heterocycles. The number of H-pyrrole nitrogens is 1. The van der Waals surface area contributed by atoms with E-state index in [1.165, 1.54) is 6.20 Å². The Bertz CT molecular complexity index is 348. The van der Waals surface area contributed by atoms with Gasteiger partial charge in [-0.1, -0.05) is 0 Å². The monoisotopic (exact) mass is 274 g/mol. The molecular formula is C8H11BrN4O2. The van der Waals surface area contributed by atoms with Crippen molar-refractivity contribution < 1.29 is 9.53 Å². The summed E-state index contributed by atoms with van der Waals surface area (Å²) in [5.41, 5.74) is 0. The molecule has 7 heteroatoms. The Morgan fingerprint density at radius 2 is 2.60 bits per heavy atom. The van der Waals surface area contributed by atoms with Crippen LogP contribution in [0.25, 0.3) is 0 Å². The quantitative estimate of drug-likeness (QED) is 0.751. The number of nitrogens with one attached hydrogen (secondary N) is 3. The first-order chi connectivity index (χ1) is 7.24. The van der Waals surface area contributed by atoms with Gasteiger partial charge in [0.1, 0.15) is 4.60 Å². The molecule has 0 aliphatic carbocycles. The first kappa shape index (κ1) is 10.4. The van der Waals surface area contributed by atoms with E-state index in [1.54, 1.807) is 0 Å². The summed E-state index contributed by atoms with van der Waals surface area (Å²) < 4.78 is 5.58. The van der Waals surface area contributed by atoms with Crippen molar-refractivity contribution in [1.29, 1.82) is 0 Å². The van der Waals surface area contributed by atoms with Crippen molar-refractivity contribution in [3.63, 3.8) is 0 Å². The number of carbonyl (C=O) groups is 1. The molecule has 6 nitrogen and oxygen atoms in total. The summed E-state index contributed by atoms with van der Waals surface area (Å²) in [5.74, 6) is 0. The van der Waals surface area contributed by atoms with Crippen LogP contribution in [0.1, 0.15) is 12.8 Å². The molecule has 1 aliphatic rings. The zero-order valence-electron chi connectivity index (χ0n) is 7.92. The van der Waals surface area contributed by atoms with Gasteiger partial charge in [-0.2, -0.15) is 0 Å². The molecule has 1 amide bonds. The van der Waals surface area contributed by atoms with Crippen molar-refractivity contribution in [1.82, 2.24) is 20.6 Å². The van der Waals surface area contributed by atoms with Crippen LogP contribution >= 0.6 is 15.9 Å². The Kier molecular flexibility index (Phi) is 3.22. The molecule has 1 aromatic heterocycles. The van der Waals surface area contributed by atoms with Gasteiger partial charge < -0.3 is 15.0 Å². The SMILES string of the molecule is O=C(N[C@H]1CCCN1)Oc1ncc(Br)[nH]1. The zero-order valence-corrected chi connectivity index (χ0v) is 9.50. The Labute approximate surface area is 94.9 Å². The third-order valence-corrected chi connectivity index (χ3v) is 2.47. The molecule has 15 heavy (non-hydrogen) atoms. The van der Waals surface area contributed by atoms with Crippen molar-refractivity contribution >= 4 is 22.0 Å². The van der Waals surface area contributed by atoms with Gasteiger partial charge in [-0.25, -0.2) is 9.78 Å². The molecule has 0 unspecified atom stereocenters. The normalized spacial score (nSPS) is 20.2. The van der Waals surface area contributed by atoms with E-state index in [-0.39, 0.29) is 12.2 Å². The Balaban J connectivity index is 1.81. The van der Waals surface area contributed by atoms with Crippen molar-refractivity contribution in [2.45, 2.75) is 19.0 Å². The Morgan fingerprint density at radius 1 is 1.73 bits per heavy atom. The molecule has 1 aromatic rings. The number of amides is 1. The van der Waals surface area contributed by atoms with Crippen LogP contribution in [0.4, 0.5) is 4.79 Å². The number of hydrogen-bond donors (Lipinski definition) is 3. The van der Waals surface area contributed by atoms with Gasteiger partial charge in [-0.15, -0.1) is 0 Å². The molecule has 0 radical (unpaired) electrons. The van der Waals surface area contributed by atoms with Crippen molar-refractivity contribution in [3.05, 3.63) is 10.8 Å². The minimum atomic E-state index is -0.503. The fourth-order valence-corrected chi connectivity index (χ4v) is 1.67. The predicted octanol–water partition coefficient (Wildman–Crippen LogP) is 0.970. The molecule has 2 rings (SSSR count). The maximum absolute atomic E-state index is 11.3. The highest BCUT2D eigenvalue weighted by Crippen LogP contribution is 2.10. The third kappa shape index (κ3) is 2.93. The highest BCUT2D eigenvalue weighted by atomic mass is 79.9. The van der Waals surface area contributed by atoms with Gasteiger partial charge in [0.2, 0.25) is 0 Å². The van der Waals surface area contributed by atoms with E-state index in [0.29, 0.717) is 4.60 Å². The van der Waals surface area contributed by atoms with E-state index in [1.807, 2.05) is 0 Å². The molecule has 82 valence electrons. The number of halogens is 1. The summed E-state index contributed by atoms with van der Waals surface area (Å²) in [4.78, 5) is 17.9. The molecule has 1 atom stereocenters. The second-order valence-corrected chi connectivity index (χ2v) is 4.07. The lowest BCUT2D eigenvalue weighted by Gasteiger charge is -2.11. The lowest BCUT2D eigenvalue weighted by Crippen LogP contribution is -2.42. The number of aromatic nitrogens is 2. The molecule has 0 bridgehead atoms. The molecule has 1 fully saturated rings. The number of carbonyl (C=O) groups excluding carboxylic acids is 1. The van der Waals surface area contributed by atoms with Crippen LogP contribution in [0.5, 0.6) is 6.01 Å². The number of rotatable bonds is 2. The Hall–Kier alpha value is -1.08. The summed E-state index contributed by atoms with van der Waals surface area (Å²) in [6, 6.07) is 0.178. The van der Waals surface area contributed by atoms with E-state index in [9.17, 15) is 4.79 Å². The number of aromatic amines is 1. The molecule has 0 aromatic carbocycles. The van der Waals surface area contributed by atoms with E-state index in [2.05, 4.69) is 36.5 Å². The lowest BCUT2D eigenvalue weighted by atomic mass is 10.3. The highest BCUT2D eigenvalue weighted by molar-refractivity contribution is 9.10. The number of nitrogens with zero attached hydrogens (tertiary/aromatic N) is 1. The van der Waals surface area contributed by atoms with Crippen LogP contribution < -0.4 is 15.4 Å². The van der Waals surface area contributed by atoms with Gasteiger partial charge in [0.15, 0.2) is 0 Å². The topological polar surface area (TPSA) is 79.0 Å². The zero-order chi connectivity index (χ0) is 10.7. The maximum Gasteiger partial charge on any atom is 0.416 e. The van der Waals surface area contributed by atoms with Gasteiger partial charge >= 0.3 is 12.1 Å². The molecule has 2 heterocycles. The number of ether oxygens (including phenoxy) is 1. The largest absolute Gasteiger partial charge is 0.416 e. The fourth-order valence-electron chi connectivity index (χ4n) is 1.40. The van der Waals surface area contributed by atoms with E-state index < -0.39 is 6.09 Å². The van der Waals surface area contributed by atoms with Gasteiger partial charge in [-0.05, 0) is 35.3 Å². The average molecular weight is 275 g/mol. The van der Waals surface area contributed by atoms with Gasteiger partial charge in [0, 0.05) is 0 Å². The molecule has 0 saturated carbocycles. The fraction of sp³-hybridized carbons (Fsp3) is 0.500. The van der Waals surface area contributed by atoms with Crippen LogP contribution in [-0.4, -0.2) is 28.8 Å². The maximum atomic E-state index is 11.3. The molecule has 1 aliphatic heterocycles. The second kappa shape index (κ2) is 4.63.